The number of fused-ring (bicyclic) bond motifs is 2. The summed E-state index contributed by atoms with van der Waals surface area (Å²) in [6, 6.07) is 6.60. The van der Waals surface area contributed by atoms with Crippen LogP contribution in [0.15, 0.2) is 24.5 Å². The van der Waals surface area contributed by atoms with Crippen LogP contribution < -0.4 is 10.6 Å². The van der Waals surface area contributed by atoms with Crippen molar-refractivity contribution in [2.75, 3.05) is 17.2 Å². The standard InChI is InChI=1S/C17H22N4/c18-13-7-8-15-14(10-13)17(20-11-19-15)21-9-3-5-12-4-1-2-6-16(12)21/h7-8,10-12,16H,1-6,9,18H2. The summed E-state index contributed by atoms with van der Waals surface area (Å²) in [5, 5.41) is 1.10. The van der Waals surface area contributed by atoms with E-state index in [1.807, 2.05) is 18.2 Å². The number of hydrogen-bond acceptors (Lipinski definition) is 4. The van der Waals surface area contributed by atoms with Gasteiger partial charge in [0.25, 0.3) is 0 Å². The predicted molar refractivity (Wildman–Crippen MR) is 86.3 cm³/mol. The van der Waals surface area contributed by atoms with Crippen LogP contribution in [0.3, 0.4) is 0 Å². The van der Waals surface area contributed by atoms with Crippen LogP contribution in [-0.2, 0) is 0 Å². The lowest BCUT2D eigenvalue weighted by Crippen LogP contribution is -2.47. The fraction of sp³-hybridized carbons (Fsp3) is 0.529. The maximum atomic E-state index is 5.98. The summed E-state index contributed by atoms with van der Waals surface area (Å²) in [7, 11) is 0. The molecular formula is C17H22N4. The van der Waals surface area contributed by atoms with E-state index in [4.69, 9.17) is 5.73 Å². The first kappa shape index (κ1) is 12.9. The van der Waals surface area contributed by atoms with Crippen molar-refractivity contribution in [3.05, 3.63) is 24.5 Å². The molecule has 2 aliphatic rings. The van der Waals surface area contributed by atoms with Gasteiger partial charge in [0.1, 0.15) is 12.1 Å². The van der Waals surface area contributed by atoms with Gasteiger partial charge < -0.3 is 10.6 Å². The van der Waals surface area contributed by atoms with Crippen LogP contribution in [0.1, 0.15) is 38.5 Å². The number of aromatic nitrogens is 2. The van der Waals surface area contributed by atoms with Crippen LogP contribution in [0, 0.1) is 5.92 Å². The molecule has 1 aromatic carbocycles. The Morgan fingerprint density at radius 2 is 1.90 bits per heavy atom. The molecule has 21 heavy (non-hydrogen) atoms. The van der Waals surface area contributed by atoms with Gasteiger partial charge >= 0.3 is 0 Å². The van der Waals surface area contributed by atoms with Gasteiger partial charge in [-0.1, -0.05) is 12.8 Å². The molecule has 2 unspecified atom stereocenters. The Bertz CT molecular complexity index is 652. The second kappa shape index (κ2) is 5.17. The molecule has 2 atom stereocenters. The van der Waals surface area contributed by atoms with Crippen molar-refractivity contribution in [1.82, 2.24) is 9.97 Å². The molecule has 0 bridgehead atoms. The van der Waals surface area contributed by atoms with E-state index in [2.05, 4.69) is 14.9 Å². The Morgan fingerprint density at radius 1 is 1.05 bits per heavy atom. The van der Waals surface area contributed by atoms with Crippen molar-refractivity contribution >= 4 is 22.4 Å². The smallest absolute Gasteiger partial charge is 0.140 e. The fourth-order valence-electron chi connectivity index (χ4n) is 4.18. The number of nitrogens with two attached hydrogens (primary N) is 1. The van der Waals surface area contributed by atoms with Gasteiger partial charge in [0.2, 0.25) is 0 Å². The van der Waals surface area contributed by atoms with E-state index >= 15 is 0 Å². The summed E-state index contributed by atoms with van der Waals surface area (Å²) in [4.78, 5) is 11.5. The normalized spacial score (nSPS) is 25.8. The lowest BCUT2D eigenvalue weighted by Gasteiger charge is -2.45. The molecule has 1 saturated carbocycles. The average Bonchev–Trinajstić information content (AvgIpc) is 2.54. The van der Waals surface area contributed by atoms with Crippen LogP contribution in [-0.4, -0.2) is 22.6 Å². The van der Waals surface area contributed by atoms with Crippen molar-refractivity contribution in [1.29, 1.82) is 0 Å². The molecule has 2 N–H and O–H groups in total. The summed E-state index contributed by atoms with van der Waals surface area (Å²) in [6.07, 6.45) is 9.78. The van der Waals surface area contributed by atoms with E-state index in [9.17, 15) is 0 Å². The second-order valence-electron chi connectivity index (χ2n) is 6.42. The minimum Gasteiger partial charge on any atom is -0.399 e. The van der Waals surface area contributed by atoms with Crippen molar-refractivity contribution in [2.24, 2.45) is 5.92 Å². The van der Waals surface area contributed by atoms with Crippen LogP contribution in [0.5, 0.6) is 0 Å². The van der Waals surface area contributed by atoms with E-state index in [0.717, 1.165) is 34.9 Å². The average molecular weight is 282 g/mol. The van der Waals surface area contributed by atoms with Crippen molar-refractivity contribution in [3.8, 4) is 0 Å². The largest absolute Gasteiger partial charge is 0.399 e. The van der Waals surface area contributed by atoms with Crippen LogP contribution in [0.2, 0.25) is 0 Å². The third kappa shape index (κ3) is 2.23. The summed E-state index contributed by atoms with van der Waals surface area (Å²) in [6.45, 7) is 1.11. The van der Waals surface area contributed by atoms with Crippen molar-refractivity contribution < 1.29 is 0 Å². The zero-order chi connectivity index (χ0) is 14.2. The topological polar surface area (TPSA) is 55.0 Å². The molecule has 1 aliphatic heterocycles. The summed E-state index contributed by atoms with van der Waals surface area (Å²) >= 11 is 0. The second-order valence-corrected chi connectivity index (χ2v) is 6.42. The SMILES string of the molecule is Nc1ccc2ncnc(N3CCCC4CCCCC43)c2c1. The molecular weight excluding hydrogens is 260 g/mol. The molecule has 4 heteroatoms. The highest BCUT2D eigenvalue weighted by Gasteiger charge is 2.34. The monoisotopic (exact) mass is 282 g/mol. The predicted octanol–water partition coefficient (Wildman–Crippen LogP) is 3.37. The first-order chi connectivity index (χ1) is 10.3. The fourth-order valence-corrected chi connectivity index (χ4v) is 4.18. The Hall–Kier alpha value is -1.84. The number of hydrogen-bond donors (Lipinski definition) is 1. The Morgan fingerprint density at radius 3 is 2.86 bits per heavy atom. The van der Waals surface area contributed by atoms with Gasteiger partial charge in [0, 0.05) is 23.7 Å². The molecule has 1 saturated heterocycles. The Kier molecular flexibility index (Phi) is 3.17. The van der Waals surface area contributed by atoms with Crippen LogP contribution in [0.4, 0.5) is 11.5 Å². The Balaban J connectivity index is 1.79. The first-order valence-electron chi connectivity index (χ1n) is 8.10. The van der Waals surface area contributed by atoms with E-state index in [-0.39, 0.29) is 0 Å². The van der Waals surface area contributed by atoms with Gasteiger partial charge in [-0.05, 0) is 49.8 Å². The number of nitrogen functional groups attached to an aromatic ring is 1. The molecule has 2 aromatic rings. The molecule has 1 aromatic heterocycles. The minimum absolute atomic E-state index is 0.659. The number of benzene rings is 1. The van der Waals surface area contributed by atoms with Crippen molar-refractivity contribution in [3.63, 3.8) is 0 Å². The van der Waals surface area contributed by atoms with E-state index < -0.39 is 0 Å². The molecule has 2 fully saturated rings. The molecule has 4 rings (SSSR count). The highest BCUT2D eigenvalue weighted by molar-refractivity contribution is 5.91. The molecule has 2 heterocycles. The highest BCUT2D eigenvalue weighted by Crippen LogP contribution is 2.38. The third-order valence-corrected chi connectivity index (χ3v) is 5.15. The van der Waals surface area contributed by atoms with Crippen LogP contribution >= 0.6 is 0 Å². The van der Waals surface area contributed by atoms with Crippen LogP contribution in [0.25, 0.3) is 10.9 Å². The number of nitrogens with zero attached hydrogens (tertiary/aromatic N) is 3. The highest BCUT2D eigenvalue weighted by atomic mass is 15.2. The molecule has 0 radical (unpaired) electrons. The van der Waals surface area contributed by atoms with Crippen molar-refractivity contribution in [2.45, 2.75) is 44.6 Å². The van der Waals surface area contributed by atoms with Gasteiger partial charge in [-0.2, -0.15) is 0 Å². The summed E-state index contributed by atoms with van der Waals surface area (Å²) in [5.74, 6) is 1.93. The zero-order valence-electron chi connectivity index (χ0n) is 12.3. The number of anilines is 2. The molecule has 0 spiro atoms. The quantitative estimate of drug-likeness (QED) is 0.815. The van der Waals surface area contributed by atoms with Gasteiger partial charge in [-0.15, -0.1) is 0 Å². The molecule has 0 amide bonds. The number of rotatable bonds is 1. The Labute approximate surface area is 125 Å². The molecule has 110 valence electrons. The lowest BCUT2D eigenvalue weighted by molar-refractivity contribution is 0.243. The molecule has 4 nitrogen and oxygen atoms in total. The van der Waals surface area contributed by atoms with E-state index in [0.29, 0.717) is 6.04 Å². The maximum absolute atomic E-state index is 5.98. The summed E-state index contributed by atoms with van der Waals surface area (Å²) in [5.41, 5.74) is 7.76. The lowest BCUT2D eigenvalue weighted by atomic mass is 9.78. The van der Waals surface area contributed by atoms with E-state index in [1.165, 1.54) is 38.5 Å². The van der Waals surface area contributed by atoms with Gasteiger partial charge in [-0.25, -0.2) is 9.97 Å². The number of piperidine rings is 1. The summed E-state index contributed by atoms with van der Waals surface area (Å²) < 4.78 is 0. The third-order valence-electron chi connectivity index (χ3n) is 5.15. The van der Waals surface area contributed by atoms with Gasteiger partial charge in [0.05, 0.1) is 5.52 Å². The first-order valence-corrected chi connectivity index (χ1v) is 8.10. The maximum Gasteiger partial charge on any atom is 0.140 e. The minimum atomic E-state index is 0.659. The van der Waals surface area contributed by atoms with E-state index in [1.54, 1.807) is 6.33 Å². The molecule has 1 aliphatic carbocycles. The van der Waals surface area contributed by atoms with Gasteiger partial charge in [-0.3, -0.25) is 0 Å². The van der Waals surface area contributed by atoms with Gasteiger partial charge in [0.15, 0.2) is 0 Å². The zero-order valence-corrected chi connectivity index (χ0v) is 12.3.